The summed E-state index contributed by atoms with van der Waals surface area (Å²) >= 11 is 0. The predicted octanol–water partition coefficient (Wildman–Crippen LogP) is 2.43. The number of hydrogen-bond donors (Lipinski definition) is 1. The Morgan fingerprint density at radius 3 is 2.71 bits per heavy atom. The van der Waals surface area contributed by atoms with E-state index in [2.05, 4.69) is 10.2 Å². The molecule has 0 aliphatic carbocycles. The molecule has 0 spiro atoms. The smallest absolute Gasteiger partial charge is 0.296 e. The molecule has 2 rings (SSSR count). The lowest BCUT2D eigenvalue weighted by atomic mass is 9.93. The zero-order valence-corrected chi connectivity index (χ0v) is 12.7. The number of benzene rings is 1. The van der Waals surface area contributed by atoms with E-state index in [1.165, 1.54) is 19.6 Å². The average Bonchev–Trinajstić information content (AvgIpc) is 2.52. The molecule has 0 aromatic heterocycles. The van der Waals surface area contributed by atoms with E-state index in [1.54, 1.807) is 12.1 Å². The maximum atomic E-state index is 11.3. The van der Waals surface area contributed by atoms with Gasteiger partial charge >= 0.3 is 0 Å². The molecule has 0 bridgehead atoms. The summed E-state index contributed by atoms with van der Waals surface area (Å²) < 4.78 is 5.08. The van der Waals surface area contributed by atoms with Gasteiger partial charge in [-0.1, -0.05) is 0 Å². The molecule has 1 saturated heterocycles. The summed E-state index contributed by atoms with van der Waals surface area (Å²) in [5.74, 6) is 1.24. The number of rotatable bonds is 6. The molecule has 1 aromatic carbocycles. The van der Waals surface area contributed by atoms with Crippen molar-refractivity contribution in [3.05, 3.63) is 28.3 Å². The number of anilines is 1. The molecule has 1 heterocycles. The first-order valence-electron chi connectivity index (χ1n) is 7.37. The largest absolute Gasteiger partial charge is 0.496 e. The second-order valence-corrected chi connectivity index (χ2v) is 5.43. The molecule has 0 atom stereocenters. The zero-order valence-electron chi connectivity index (χ0n) is 12.7. The monoisotopic (exact) mass is 293 g/mol. The lowest BCUT2D eigenvalue weighted by molar-refractivity contribution is -0.384. The number of nitro benzene ring substituents is 1. The van der Waals surface area contributed by atoms with Crippen LogP contribution in [0.4, 0.5) is 11.4 Å². The number of nitrogens with one attached hydrogen (secondary N) is 1. The highest BCUT2D eigenvalue weighted by molar-refractivity contribution is 5.65. The van der Waals surface area contributed by atoms with Gasteiger partial charge in [-0.3, -0.25) is 10.1 Å². The molecule has 1 aromatic rings. The highest BCUT2D eigenvalue weighted by Crippen LogP contribution is 2.34. The summed E-state index contributed by atoms with van der Waals surface area (Å²) in [4.78, 5) is 13.0. The van der Waals surface area contributed by atoms with Gasteiger partial charge in [0, 0.05) is 13.1 Å². The van der Waals surface area contributed by atoms with E-state index in [-0.39, 0.29) is 10.6 Å². The predicted molar refractivity (Wildman–Crippen MR) is 83.1 cm³/mol. The number of hydrogen-bond acceptors (Lipinski definition) is 5. The van der Waals surface area contributed by atoms with Gasteiger partial charge in [-0.15, -0.1) is 0 Å². The van der Waals surface area contributed by atoms with Crippen LogP contribution in [0.15, 0.2) is 18.2 Å². The minimum atomic E-state index is -0.328. The van der Waals surface area contributed by atoms with Gasteiger partial charge in [-0.2, -0.15) is 0 Å². The van der Waals surface area contributed by atoms with Crippen molar-refractivity contribution in [3.63, 3.8) is 0 Å². The molecular formula is C15H23N3O3. The summed E-state index contributed by atoms with van der Waals surface area (Å²) in [5.41, 5.74) is 0.830. The van der Waals surface area contributed by atoms with Crippen LogP contribution < -0.4 is 15.0 Å². The van der Waals surface area contributed by atoms with Crippen LogP contribution in [0.5, 0.6) is 5.75 Å². The summed E-state index contributed by atoms with van der Waals surface area (Å²) in [6.45, 7) is 2.79. The number of methoxy groups -OCH3 is 1. The fraction of sp³-hybridized carbons (Fsp3) is 0.600. The molecule has 1 aliphatic rings. The highest BCUT2D eigenvalue weighted by Gasteiger charge is 2.25. The fourth-order valence-corrected chi connectivity index (χ4v) is 2.85. The molecule has 1 aliphatic heterocycles. The molecule has 0 unspecified atom stereocenters. The van der Waals surface area contributed by atoms with Crippen LogP contribution in [0.25, 0.3) is 0 Å². The molecule has 0 amide bonds. The zero-order chi connectivity index (χ0) is 15.2. The summed E-state index contributed by atoms with van der Waals surface area (Å²) in [6.07, 6.45) is 3.35. The number of piperidine rings is 1. The van der Waals surface area contributed by atoms with Crippen LogP contribution >= 0.6 is 0 Å². The summed E-state index contributed by atoms with van der Waals surface area (Å²) in [5, 5.41) is 14.4. The molecule has 0 radical (unpaired) electrons. The summed E-state index contributed by atoms with van der Waals surface area (Å²) in [6, 6.07) is 5.09. The molecule has 1 fully saturated rings. The van der Waals surface area contributed by atoms with E-state index in [4.69, 9.17) is 4.74 Å². The summed E-state index contributed by atoms with van der Waals surface area (Å²) in [7, 11) is 3.49. The number of ether oxygens (including phenoxy) is 1. The van der Waals surface area contributed by atoms with Gasteiger partial charge in [-0.25, -0.2) is 0 Å². The Morgan fingerprint density at radius 2 is 2.14 bits per heavy atom. The van der Waals surface area contributed by atoms with E-state index >= 15 is 0 Å². The Kier molecular flexibility index (Phi) is 5.38. The Hall–Kier alpha value is -1.82. The second kappa shape index (κ2) is 7.26. The molecule has 0 saturated carbocycles. The Bertz CT molecular complexity index is 485. The third-order valence-electron chi connectivity index (χ3n) is 4.14. The number of nitro groups is 1. The normalized spacial score (nSPS) is 16.0. The highest BCUT2D eigenvalue weighted by atomic mass is 16.6. The van der Waals surface area contributed by atoms with Crippen LogP contribution in [-0.2, 0) is 0 Å². The van der Waals surface area contributed by atoms with Crippen molar-refractivity contribution in [1.29, 1.82) is 0 Å². The lowest BCUT2D eigenvalue weighted by Gasteiger charge is -2.33. The van der Waals surface area contributed by atoms with Crippen molar-refractivity contribution < 1.29 is 9.66 Å². The van der Waals surface area contributed by atoms with Crippen molar-refractivity contribution in [2.75, 3.05) is 38.7 Å². The van der Waals surface area contributed by atoms with Crippen LogP contribution in [0.1, 0.15) is 19.3 Å². The minimum Gasteiger partial charge on any atom is -0.496 e. The Balaban J connectivity index is 2.07. The van der Waals surface area contributed by atoms with Crippen molar-refractivity contribution in [2.24, 2.45) is 5.92 Å². The Morgan fingerprint density at radius 1 is 1.43 bits per heavy atom. The molecule has 21 heavy (non-hydrogen) atoms. The quantitative estimate of drug-likeness (QED) is 0.644. The molecule has 1 N–H and O–H groups in total. The van der Waals surface area contributed by atoms with E-state index in [9.17, 15) is 10.1 Å². The van der Waals surface area contributed by atoms with E-state index in [1.807, 2.05) is 7.05 Å². The van der Waals surface area contributed by atoms with Crippen LogP contribution in [0, 0.1) is 16.0 Å². The topological polar surface area (TPSA) is 67.6 Å². The average molecular weight is 293 g/mol. The van der Waals surface area contributed by atoms with Crippen molar-refractivity contribution in [2.45, 2.75) is 19.3 Å². The maximum Gasteiger partial charge on any atom is 0.296 e. The van der Waals surface area contributed by atoms with Crippen molar-refractivity contribution in [1.82, 2.24) is 5.32 Å². The second-order valence-electron chi connectivity index (χ2n) is 5.43. The van der Waals surface area contributed by atoms with Crippen LogP contribution in [0.3, 0.4) is 0 Å². The van der Waals surface area contributed by atoms with Crippen molar-refractivity contribution in [3.8, 4) is 5.75 Å². The molecular weight excluding hydrogens is 270 g/mol. The fourth-order valence-electron chi connectivity index (χ4n) is 2.85. The standard InChI is InChI=1S/C15H23N3O3/c1-16-8-5-12-6-9-17(10-7-12)14-4-3-13(21-2)11-15(14)18(19)20/h3-4,11-12,16H,5-10H2,1-2H3. The molecule has 6 nitrogen and oxygen atoms in total. The van der Waals surface area contributed by atoms with Gasteiger partial charge in [0.05, 0.1) is 18.1 Å². The maximum absolute atomic E-state index is 11.3. The van der Waals surface area contributed by atoms with Gasteiger partial charge in [0.15, 0.2) is 0 Å². The first-order valence-corrected chi connectivity index (χ1v) is 7.37. The molecule has 6 heteroatoms. The minimum absolute atomic E-state index is 0.128. The first-order chi connectivity index (χ1) is 10.2. The van der Waals surface area contributed by atoms with E-state index in [0.29, 0.717) is 17.4 Å². The SMILES string of the molecule is CNCCC1CCN(c2ccc(OC)cc2[N+](=O)[O-])CC1. The Labute approximate surface area is 125 Å². The lowest BCUT2D eigenvalue weighted by Crippen LogP contribution is -2.34. The van der Waals surface area contributed by atoms with E-state index in [0.717, 1.165) is 32.5 Å². The van der Waals surface area contributed by atoms with Gasteiger partial charge in [0.2, 0.25) is 0 Å². The van der Waals surface area contributed by atoms with Crippen LogP contribution in [-0.4, -0.2) is 38.7 Å². The third kappa shape index (κ3) is 3.85. The van der Waals surface area contributed by atoms with Crippen molar-refractivity contribution >= 4 is 11.4 Å². The number of nitrogens with zero attached hydrogens (tertiary/aromatic N) is 2. The van der Waals surface area contributed by atoms with Gasteiger partial charge in [0.1, 0.15) is 11.4 Å². The van der Waals surface area contributed by atoms with E-state index < -0.39 is 0 Å². The first kappa shape index (κ1) is 15.6. The molecule has 116 valence electrons. The van der Waals surface area contributed by atoms with Crippen LogP contribution in [0.2, 0.25) is 0 Å². The van der Waals surface area contributed by atoms with Gasteiger partial charge < -0.3 is 15.0 Å². The third-order valence-corrected chi connectivity index (χ3v) is 4.14. The van der Waals surface area contributed by atoms with Gasteiger partial charge in [-0.05, 0) is 50.9 Å². The van der Waals surface area contributed by atoms with Gasteiger partial charge in [0.25, 0.3) is 5.69 Å².